The zero-order chi connectivity index (χ0) is 22.9. The molecule has 0 amide bonds. The van der Waals surface area contributed by atoms with Gasteiger partial charge in [0, 0.05) is 22.7 Å². The van der Waals surface area contributed by atoms with Gasteiger partial charge in [-0.1, -0.05) is 39.0 Å². The fraction of sp³-hybridized carbons (Fsp3) is 0.360. The van der Waals surface area contributed by atoms with E-state index in [0.717, 1.165) is 30.0 Å². The van der Waals surface area contributed by atoms with Crippen LogP contribution in [0, 0.1) is 32.8 Å². The van der Waals surface area contributed by atoms with E-state index in [1.54, 1.807) is 35.8 Å². The van der Waals surface area contributed by atoms with Gasteiger partial charge in [-0.3, -0.25) is 10.1 Å². The molecule has 0 saturated carbocycles. The van der Waals surface area contributed by atoms with Crippen molar-refractivity contribution in [3.8, 4) is 6.07 Å². The van der Waals surface area contributed by atoms with E-state index < -0.39 is 0 Å². The maximum Gasteiger partial charge on any atom is 0.274 e. The second-order valence-corrected chi connectivity index (χ2v) is 10.4. The quantitative estimate of drug-likeness (QED) is 0.263. The third-order valence-electron chi connectivity index (χ3n) is 6.29. The van der Waals surface area contributed by atoms with Crippen molar-refractivity contribution in [1.29, 1.82) is 5.26 Å². The molecule has 164 valence electrons. The molecule has 0 spiro atoms. The van der Waals surface area contributed by atoms with E-state index in [1.807, 2.05) is 22.9 Å². The number of para-hydroxylation sites is 1. The predicted molar refractivity (Wildman–Crippen MR) is 128 cm³/mol. The number of hydrogen-bond donors (Lipinski definition) is 0. The Kier molecular flexibility index (Phi) is 5.98. The molecule has 0 N–H and O–H groups in total. The largest absolute Gasteiger partial charge is 0.342 e. The molecule has 0 saturated heterocycles. The zero-order valence-electron chi connectivity index (χ0n) is 18.5. The highest BCUT2D eigenvalue weighted by Crippen LogP contribution is 2.44. The molecule has 1 aliphatic carbocycles. The van der Waals surface area contributed by atoms with Crippen molar-refractivity contribution in [3.63, 3.8) is 0 Å². The topological polar surface area (TPSA) is 84.2 Å². The summed E-state index contributed by atoms with van der Waals surface area (Å²) >= 11 is 1.63. The predicted octanol–water partition coefficient (Wildman–Crippen LogP) is 6.28. The van der Waals surface area contributed by atoms with Crippen molar-refractivity contribution >= 4 is 28.2 Å². The third kappa shape index (κ3) is 4.37. The number of aliphatic imine (C=N–C) groups is 1. The van der Waals surface area contributed by atoms with Crippen LogP contribution in [0.4, 0.5) is 10.7 Å². The highest BCUT2D eigenvalue weighted by atomic mass is 32.1. The van der Waals surface area contributed by atoms with Gasteiger partial charge in [-0.25, -0.2) is 4.99 Å². The maximum absolute atomic E-state index is 11.3. The van der Waals surface area contributed by atoms with Crippen LogP contribution in [0.5, 0.6) is 0 Å². The first-order valence-electron chi connectivity index (χ1n) is 10.7. The molecule has 7 heteroatoms. The Morgan fingerprint density at radius 1 is 1.31 bits per heavy atom. The van der Waals surface area contributed by atoms with Crippen molar-refractivity contribution in [2.24, 2.45) is 16.3 Å². The highest BCUT2D eigenvalue weighted by molar-refractivity contribution is 7.16. The van der Waals surface area contributed by atoms with E-state index >= 15 is 0 Å². The first-order chi connectivity index (χ1) is 15.3. The Balaban J connectivity index is 1.60. The fourth-order valence-corrected chi connectivity index (χ4v) is 5.56. The molecule has 3 aromatic rings. The lowest BCUT2D eigenvalue weighted by atomic mass is 9.72. The smallest absolute Gasteiger partial charge is 0.274 e. The van der Waals surface area contributed by atoms with Crippen molar-refractivity contribution in [2.45, 2.75) is 46.6 Å². The van der Waals surface area contributed by atoms with Gasteiger partial charge < -0.3 is 4.57 Å². The second kappa shape index (κ2) is 8.71. The number of rotatable bonds is 5. The number of nitro benzene ring substituents is 1. The second-order valence-electron chi connectivity index (χ2n) is 9.31. The Bertz CT molecular complexity index is 1220. The van der Waals surface area contributed by atoms with Crippen LogP contribution in [0.1, 0.15) is 54.5 Å². The van der Waals surface area contributed by atoms with Crippen LogP contribution in [0.15, 0.2) is 47.6 Å². The van der Waals surface area contributed by atoms with Crippen LogP contribution in [0.3, 0.4) is 0 Å². The SMILES string of the molecule is CC(C)(C)[C@H]1CCc2c(sc(N=Cc3cccn3Cc3ccccc3[N+](=O)[O-])c2C#N)C1. The van der Waals surface area contributed by atoms with Crippen molar-refractivity contribution < 1.29 is 4.92 Å². The summed E-state index contributed by atoms with van der Waals surface area (Å²) in [5, 5.41) is 21.9. The molecule has 4 rings (SSSR count). The zero-order valence-corrected chi connectivity index (χ0v) is 19.4. The van der Waals surface area contributed by atoms with Gasteiger partial charge in [-0.2, -0.15) is 5.26 Å². The van der Waals surface area contributed by atoms with E-state index in [9.17, 15) is 15.4 Å². The fourth-order valence-electron chi connectivity index (χ4n) is 4.34. The van der Waals surface area contributed by atoms with Crippen LogP contribution in [-0.2, 0) is 19.4 Å². The first kappa shape index (κ1) is 22.0. The number of hydrogen-bond acceptors (Lipinski definition) is 5. The molecule has 0 unspecified atom stereocenters. The van der Waals surface area contributed by atoms with Crippen LogP contribution in [0.2, 0.25) is 0 Å². The number of aromatic nitrogens is 1. The van der Waals surface area contributed by atoms with Crippen LogP contribution >= 0.6 is 11.3 Å². The number of thiophene rings is 1. The summed E-state index contributed by atoms with van der Waals surface area (Å²) in [5.41, 5.74) is 3.70. The Labute approximate surface area is 192 Å². The molecule has 6 nitrogen and oxygen atoms in total. The van der Waals surface area contributed by atoms with Crippen LogP contribution in [-0.4, -0.2) is 15.7 Å². The van der Waals surface area contributed by atoms with E-state index in [4.69, 9.17) is 0 Å². The molecule has 0 bridgehead atoms. The normalized spacial score (nSPS) is 16.1. The Hall–Kier alpha value is -3.24. The minimum absolute atomic E-state index is 0.107. The van der Waals surface area contributed by atoms with Crippen LogP contribution < -0.4 is 0 Å². The lowest BCUT2D eigenvalue weighted by molar-refractivity contribution is -0.385. The molecular formula is C25H26N4O2S. The van der Waals surface area contributed by atoms with Gasteiger partial charge in [0.2, 0.25) is 0 Å². The lowest BCUT2D eigenvalue weighted by Crippen LogP contribution is -2.26. The van der Waals surface area contributed by atoms with Gasteiger partial charge in [-0.05, 0) is 48.3 Å². The first-order valence-corrected chi connectivity index (χ1v) is 11.6. The van der Waals surface area contributed by atoms with Gasteiger partial charge in [0.1, 0.15) is 11.1 Å². The summed E-state index contributed by atoms with van der Waals surface area (Å²) in [6.45, 7) is 7.23. The van der Waals surface area contributed by atoms with E-state index in [1.165, 1.54) is 16.5 Å². The number of nitro groups is 1. The summed E-state index contributed by atoms with van der Waals surface area (Å²) in [4.78, 5) is 17.0. The molecule has 1 aliphatic rings. The van der Waals surface area contributed by atoms with Gasteiger partial charge in [0.15, 0.2) is 0 Å². The highest BCUT2D eigenvalue weighted by Gasteiger charge is 2.32. The standard InChI is InChI=1S/C25H26N4O2S/c1-25(2,3)18-10-11-20-21(14-26)24(32-23(20)13-18)27-15-19-8-6-12-28(19)16-17-7-4-5-9-22(17)29(30)31/h4-9,12,15,18H,10-11,13,16H2,1-3H3/t18-/m0/s1. The lowest BCUT2D eigenvalue weighted by Gasteiger charge is -2.33. The Morgan fingerprint density at radius 2 is 2.09 bits per heavy atom. The monoisotopic (exact) mass is 446 g/mol. The number of benzene rings is 1. The molecule has 2 heterocycles. The van der Waals surface area contributed by atoms with E-state index in [2.05, 4.69) is 31.8 Å². The molecule has 0 aliphatic heterocycles. The molecule has 0 radical (unpaired) electrons. The van der Waals surface area contributed by atoms with Gasteiger partial charge in [-0.15, -0.1) is 11.3 Å². The summed E-state index contributed by atoms with van der Waals surface area (Å²) in [6, 6.07) is 13.0. The summed E-state index contributed by atoms with van der Waals surface area (Å²) in [5.74, 6) is 0.607. The molecule has 1 atom stereocenters. The van der Waals surface area contributed by atoms with Gasteiger partial charge >= 0.3 is 0 Å². The third-order valence-corrected chi connectivity index (χ3v) is 7.45. The van der Waals surface area contributed by atoms with Crippen molar-refractivity contribution in [3.05, 3.63) is 80.0 Å². The Morgan fingerprint density at radius 3 is 2.81 bits per heavy atom. The number of fused-ring (bicyclic) bond motifs is 1. The summed E-state index contributed by atoms with van der Waals surface area (Å²) in [6.07, 6.45) is 6.68. The van der Waals surface area contributed by atoms with Gasteiger partial charge in [0.25, 0.3) is 5.69 Å². The van der Waals surface area contributed by atoms with Crippen molar-refractivity contribution in [1.82, 2.24) is 4.57 Å². The summed E-state index contributed by atoms with van der Waals surface area (Å²) in [7, 11) is 0. The van der Waals surface area contributed by atoms with Crippen molar-refractivity contribution in [2.75, 3.05) is 0 Å². The molecule has 32 heavy (non-hydrogen) atoms. The molecule has 0 fully saturated rings. The average Bonchev–Trinajstić information content (AvgIpc) is 3.34. The number of nitrogens with zero attached hydrogens (tertiary/aromatic N) is 4. The molecule has 2 aromatic heterocycles. The minimum atomic E-state index is -0.354. The van der Waals surface area contributed by atoms with E-state index in [-0.39, 0.29) is 16.0 Å². The van der Waals surface area contributed by atoms with Gasteiger partial charge in [0.05, 0.1) is 28.9 Å². The van der Waals surface area contributed by atoms with Crippen LogP contribution in [0.25, 0.3) is 0 Å². The minimum Gasteiger partial charge on any atom is -0.342 e. The van der Waals surface area contributed by atoms with E-state index in [0.29, 0.717) is 23.6 Å². The number of nitriles is 1. The average molecular weight is 447 g/mol. The maximum atomic E-state index is 11.3. The molecular weight excluding hydrogens is 420 g/mol. The molecule has 1 aromatic carbocycles. The summed E-state index contributed by atoms with van der Waals surface area (Å²) < 4.78 is 1.93.